The van der Waals surface area contributed by atoms with Gasteiger partial charge >= 0.3 is 0 Å². The van der Waals surface area contributed by atoms with Crippen LogP contribution in [-0.2, 0) is 12.0 Å². The Bertz CT molecular complexity index is 650. The van der Waals surface area contributed by atoms with Gasteiger partial charge < -0.3 is 15.2 Å². The van der Waals surface area contributed by atoms with Crippen LogP contribution in [0.3, 0.4) is 0 Å². The topological polar surface area (TPSA) is 54.2 Å². The summed E-state index contributed by atoms with van der Waals surface area (Å²) in [5, 5.41) is 6.83. The smallest absolute Gasteiger partial charge is 0.191 e. The third-order valence-electron chi connectivity index (χ3n) is 5.03. The van der Waals surface area contributed by atoms with E-state index in [0.29, 0.717) is 0 Å². The molecule has 3 rings (SSSR count). The maximum atomic E-state index is 4.89. The first-order chi connectivity index (χ1) is 12.3. The normalized spacial score (nSPS) is 15.7. The molecule has 26 heavy (non-hydrogen) atoms. The first-order valence-electron chi connectivity index (χ1n) is 9.36. The number of aromatic nitrogens is 2. The van der Waals surface area contributed by atoms with E-state index >= 15 is 0 Å². The van der Waals surface area contributed by atoms with Crippen molar-refractivity contribution in [1.29, 1.82) is 0 Å². The third-order valence-corrected chi connectivity index (χ3v) is 5.03. The number of hydrogen-bond acceptors (Lipinski definition) is 2. The molecule has 0 unspecified atom stereocenters. The summed E-state index contributed by atoms with van der Waals surface area (Å²) in [6.07, 6.45) is 10.5. The minimum atomic E-state index is 0. The Morgan fingerprint density at radius 2 is 2.04 bits per heavy atom. The van der Waals surface area contributed by atoms with Gasteiger partial charge in [0.1, 0.15) is 0 Å². The van der Waals surface area contributed by atoms with Crippen molar-refractivity contribution in [3.05, 3.63) is 54.6 Å². The van der Waals surface area contributed by atoms with E-state index < -0.39 is 0 Å². The van der Waals surface area contributed by atoms with E-state index in [0.717, 1.165) is 38.6 Å². The Morgan fingerprint density at radius 3 is 2.65 bits per heavy atom. The summed E-state index contributed by atoms with van der Waals surface area (Å²) >= 11 is 0. The fraction of sp³-hybridized carbons (Fsp3) is 0.500. The van der Waals surface area contributed by atoms with Crippen molar-refractivity contribution in [1.82, 2.24) is 20.2 Å². The number of rotatable bonds is 8. The Hall–Kier alpha value is -1.57. The van der Waals surface area contributed by atoms with Crippen LogP contribution in [0.5, 0.6) is 0 Å². The van der Waals surface area contributed by atoms with Gasteiger partial charge in [0, 0.05) is 37.4 Å². The minimum Gasteiger partial charge on any atom is -0.357 e. The highest BCUT2D eigenvalue weighted by Crippen LogP contribution is 2.43. The van der Waals surface area contributed by atoms with E-state index in [2.05, 4.69) is 57.4 Å². The van der Waals surface area contributed by atoms with Gasteiger partial charge in [-0.2, -0.15) is 0 Å². The van der Waals surface area contributed by atoms with Crippen LogP contribution in [0, 0.1) is 0 Å². The van der Waals surface area contributed by atoms with Gasteiger partial charge in [-0.15, -0.1) is 24.0 Å². The van der Waals surface area contributed by atoms with Crippen LogP contribution in [-0.4, -0.2) is 35.1 Å². The zero-order chi connectivity index (χ0) is 17.4. The molecule has 1 aromatic carbocycles. The molecule has 2 aromatic rings. The van der Waals surface area contributed by atoms with Crippen molar-refractivity contribution in [3.63, 3.8) is 0 Å². The number of nitrogens with zero attached hydrogens (tertiary/aromatic N) is 3. The van der Waals surface area contributed by atoms with Crippen molar-refractivity contribution in [2.24, 2.45) is 4.99 Å². The van der Waals surface area contributed by atoms with Crippen LogP contribution >= 0.6 is 24.0 Å². The summed E-state index contributed by atoms with van der Waals surface area (Å²) in [5.41, 5.74) is 1.67. The Kier molecular flexibility index (Phi) is 8.41. The zero-order valence-corrected chi connectivity index (χ0v) is 17.9. The molecule has 1 fully saturated rings. The number of hydrogen-bond donors (Lipinski definition) is 2. The average molecular weight is 467 g/mol. The van der Waals surface area contributed by atoms with Crippen LogP contribution in [0.25, 0.3) is 0 Å². The SMILES string of the molecule is CCNC(=NCC1(c2ccccc2)CCC1)NCCCn1ccnc1.I. The van der Waals surface area contributed by atoms with E-state index in [1.54, 1.807) is 0 Å². The van der Waals surface area contributed by atoms with Gasteiger partial charge in [0.15, 0.2) is 5.96 Å². The van der Waals surface area contributed by atoms with Crippen molar-refractivity contribution >= 4 is 29.9 Å². The number of benzene rings is 1. The predicted octanol–water partition coefficient (Wildman–Crippen LogP) is 3.57. The molecule has 0 spiro atoms. The summed E-state index contributed by atoms with van der Waals surface area (Å²) in [6, 6.07) is 10.9. The second kappa shape index (κ2) is 10.5. The van der Waals surface area contributed by atoms with E-state index in [1.807, 2.05) is 18.7 Å². The fourth-order valence-corrected chi connectivity index (χ4v) is 3.39. The number of aryl methyl sites for hydroxylation is 1. The van der Waals surface area contributed by atoms with Gasteiger partial charge in [0.2, 0.25) is 0 Å². The van der Waals surface area contributed by atoms with Crippen molar-refractivity contribution < 1.29 is 0 Å². The molecular formula is C20H30IN5. The number of aliphatic imine (C=N–C) groups is 1. The quantitative estimate of drug-likeness (QED) is 0.270. The zero-order valence-electron chi connectivity index (χ0n) is 15.5. The van der Waals surface area contributed by atoms with Gasteiger partial charge in [-0.3, -0.25) is 4.99 Å². The molecule has 1 aliphatic rings. The van der Waals surface area contributed by atoms with Crippen LogP contribution in [0.2, 0.25) is 0 Å². The largest absolute Gasteiger partial charge is 0.357 e. The molecule has 142 valence electrons. The lowest BCUT2D eigenvalue weighted by Gasteiger charge is -2.41. The summed E-state index contributed by atoms with van der Waals surface area (Å²) < 4.78 is 2.10. The summed E-state index contributed by atoms with van der Waals surface area (Å²) in [4.78, 5) is 8.97. The lowest BCUT2D eigenvalue weighted by molar-refractivity contribution is 0.253. The molecular weight excluding hydrogens is 437 g/mol. The summed E-state index contributed by atoms with van der Waals surface area (Å²) in [6.45, 7) is 5.72. The molecule has 5 nitrogen and oxygen atoms in total. The van der Waals surface area contributed by atoms with Crippen molar-refractivity contribution in [2.45, 2.75) is 44.6 Å². The van der Waals surface area contributed by atoms with E-state index in [4.69, 9.17) is 4.99 Å². The van der Waals surface area contributed by atoms with E-state index in [-0.39, 0.29) is 29.4 Å². The third kappa shape index (κ3) is 5.46. The number of imidazole rings is 1. The first kappa shape index (κ1) is 20.7. The average Bonchev–Trinajstić information content (AvgIpc) is 3.12. The highest BCUT2D eigenvalue weighted by molar-refractivity contribution is 14.0. The van der Waals surface area contributed by atoms with E-state index in [1.165, 1.54) is 24.8 Å². The highest BCUT2D eigenvalue weighted by atomic mass is 127. The van der Waals surface area contributed by atoms with E-state index in [9.17, 15) is 0 Å². The van der Waals surface area contributed by atoms with Gasteiger partial charge in [-0.05, 0) is 31.7 Å². The summed E-state index contributed by atoms with van der Waals surface area (Å²) in [7, 11) is 0. The Balaban J connectivity index is 0.00000243. The molecule has 6 heteroatoms. The van der Waals surface area contributed by atoms with Gasteiger partial charge in [0.25, 0.3) is 0 Å². The first-order valence-corrected chi connectivity index (χ1v) is 9.36. The standard InChI is InChI=1S/C20H29N5.HI/c1-2-22-19(23-12-7-14-25-15-13-21-17-25)24-16-20(10-6-11-20)18-8-4-3-5-9-18;/h3-5,8-9,13,15,17H,2,6-7,10-12,14,16H2,1H3,(H2,22,23,24);1H. The maximum absolute atomic E-state index is 4.89. The molecule has 1 saturated carbocycles. The predicted molar refractivity (Wildman–Crippen MR) is 118 cm³/mol. The molecule has 0 radical (unpaired) electrons. The second-order valence-electron chi connectivity index (χ2n) is 6.78. The van der Waals surface area contributed by atoms with Gasteiger partial charge in [-0.25, -0.2) is 4.98 Å². The molecule has 0 saturated heterocycles. The fourth-order valence-electron chi connectivity index (χ4n) is 3.39. The van der Waals surface area contributed by atoms with Crippen LogP contribution in [0.1, 0.15) is 38.2 Å². The molecule has 1 aromatic heterocycles. The highest BCUT2D eigenvalue weighted by Gasteiger charge is 2.38. The molecule has 0 amide bonds. The maximum Gasteiger partial charge on any atom is 0.191 e. The minimum absolute atomic E-state index is 0. The van der Waals surface area contributed by atoms with Crippen LogP contribution < -0.4 is 10.6 Å². The monoisotopic (exact) mass is 467 g/mol. The number of nitrogens with one attached hydrogen (secondary N) is 2. The molecule has 2 N–H and O–H groups in total. The molecule has 1 aliphatic carbocycles. The molecule has 0 aliphatic heterocycles. The molecule has 0 atom stereocenters. The van der Waals surface area contributed by atoms with Crippen molar-refractivity contribution in [3.8, 4) is 0 Å². The van der Waals surface area contributed by atoms with Gasteiger partial charge in [0.05, 0.1) is 12.9 Å². The van der Waals surface area contributed by atoms with Crippen LogP contribution in [0.15, 0.2) is 54.0 Å². The lowest BCUT2D eigenvalue weighted by Crippen LogP contribution is -2.42. The van der Waals surface area contributed by atoms with Crippen molar-refractivity contribution in [2.75, 3.05) is 19.6 Å². The number of guanidine groups is 1. The Labute approximate surface area is 173 Å². The lowest BCUT2D eigenvalue weighted by atomic mass is 9.64. The molecule has 0 bridgehead atoms. The second-order valence-corrected chi connectivity index (χ2v) is 6.78. The summed E-state index contributed by atoms with van der Waals surface area (Å²) in [5.74, 6) is 0.926. The Morgan fingerprint density at radius 1 is 1.23 bits per heavy atom. The van der Waals surface area contributed by atoms with Crippen LogP contribution in [0.4, 0.5) is 0 Å². The molecule has 1 heterocycles. The van der Waals surface area contributed by atoms with Gasteiger partial charge in [-0.1, -0.05) is 36.8 Å². The number of halogens is 1.